The molecule has 80 heavy (non-hydrogen) atoms. The summed E-state index contributed by atoms with van der Waals surface area (Å²) < 4.78 is 16.7. The number of esters is 1. The summed E-state index contributed by atoms with van der Waals surface area (Å²) in [5, 5.41) is 54.3. The maximum Gasteiger partial charge on any atom is 0.305 e. The number of carbonyl (C=O) groups is 2. The molecule has 0 aliphatic carbocycles. The van der Waals surface area contributed by atoms with Crippen molar-refractivity contribution >= 4 is 11.9 Å². The molecule has 7 unspecified atom stereocenters. The third kappa shape index (κ3) is 47.5. The molecule has 7 atom stereocenters. The molecule has 11 nitrogen and oxygen atoms in total. The normalized spacial score (nSPS) is 18.4. The summed E-state index contributed by atoms with van der Waals surface area (Å²) in [6.07, 6.45) is 63.2. The second-order valence-electron chi connectivity index (χ2n) is 24.2. The maximum atomic E-state index is 13.0. The molecule has 1 amide bonds. The van der Waals surface area contributed by atoms with Gasteiger partial charge in [-0.15, -0.1) is 0 Å². The van der Waals surface area contributed by atoms with Crippen LogP contribution < -0.4 is 5.32 Å². The van der Waals surface area contributed by atoms with Crippen LogP contribution >= 0.6 is 0 Å². The van der Waals surface area contributed by atoms with E-state index < -0.39 is 49.5 Å². The third-order valence-corrected chi connectivity index (χ3v) is 16.6. The van der Waals surface area contributed by atoms with Crippen LogP contribution in [0.3, 0.4) is 0 Å². The molecular formula is C69H131NO10. The quantitative estimate of drug-likeness (QED) is 0.0195. The number of allylic oxidation sites excluding steroid dienone is 3. The van der Waals surface area contributed by atoms with Crippen molar-refractivity contribution in [2.75, 3.05) is 19.8 Å². The first-order chi connectivity index (χ1) is 39.2. The fourth-order valence-electron chi connectivity index (χ4n) is 11.1. The highest BCUT2D eigenvalue weighted by atomic mass is 16.7. The summed E-state index contributed by atoms with van der Waals surface area (Å²) in [5.41, 5.74) is 0. The van der Waals surface area contributed by atoms with Crippen molar-refractivity contribution in [2.45, 2.75) is 384 Å². The fraction of sp³-hybridized carbons (Fsp3) is 0.913. The Balaban J connectivity index is 1.91. The Morgan fingerprint density at radius 2 is 0.800 bits per heavy atom. The summed E-state index contributed by atoms with van der Waals surface area (Å²) in [4.78, 5) is 25.1. The number of nitrogens with one attached hydrogen (secondary N) is 1. The summed E-state index contributed by atoms with van der Waals surface area (Å²) in [7, 11) is 0. The Kier molecular flexibility index (Phi) is 56.1. The third-order valence-electron chi connectivity index (χ3n) is 16.6. The lowest BCUT2D eigenvalue weighted by atomic mass is 9.99. The van der Waals surface area contributed by atoms with Crippen molar-refractivity contribution in [1.29, 1.82) is 0 Å². The number of hydrogen-bond acceptors (Lipinski definition) is 10. The smallest absolute Gasteiger partial charge is 0.305 e. The molecule has 1 aliphatic heterocycles. The fourth-order valence-corrected chi connectivity index (χ4v) is 11.1. The molecular weight excluding hydrogens is 1000 g/mol. The van der Waals surface area contributed by atoms with E-state index in [9.17, 15) is 35.1 Å². The number of unbranched alkanes of at least 4 members (excludes halogenated alkanes) is 45. The van der Waals surface area contributed by atoms with Gasteiger partial charge in [0.15, 0.2) is 6.29 Å². The van der Waals surface area contributed by atoms with Gasteiger partial charge in [0.05, 0.1) is 32.0 Å². The van der Waals surface area contributed by atoms with Gasteiger partial charge in [-0.3, -0.25) is 9.59 Å². The topological polar surface area (TPSA) is 175 Å². The molecule has 0 saturated carbocycles. The summed E-state index contributed by atoms with van der Waals surface area (Å²) in [6, 6.07) is -0.806. The molecule has 1 fully saturated rings. The van der Waals surface area contributed by atoms with Crippen LogP contribution in [0.4, 0.5) is 0 Å². The highest BCUT2D eigenvalue weighted by Gasteiger charge is 2.44. The predicted molar refractivity (Wildman–Crippen MR) is 334 cm³/mol. The van der Waals surface area contributed by atoms with Gasteiger partial charge in [-0.1, -0.05) is 295 Å². The van der Waals surface area contributed by atoms with Crippen LogP contribution in [-0.2, 0) is 23.8 Å². The lowest BCUT2D eigenvalue weighted by Crippen LogP contribution is -2.60. The zero-order valence-corrected chi connectivity index (χ0v) is 52.3. The molecule has 0 aromatic carbocycles. The van der Waals surface area contributed by atoms with Crippen LogP contribution in [0.5, 0.6) is 0 Å². The number of ether oxygens (including phenoxy) is 3. The minimum Gasteiger partial charge on any atom is -0.466 e. The van der Waals surface area contributed by atoms with Crippen molar-refractivity contribution in [3.63, 3.8) is 0 Å². The monoisotopic (exact) mass is 1130 g/mol. The van der Waals surface area contributed by atoms with Crippen LogP contribution in [0.25, 0.3) is 0 Å². The van der Waals surface area contributed by atoms with Gasteiger partial charge in [0.25, 0.3) is 0 Å². The highest BCUT2D eigenvalue weighted by molar-refractivity contribution is 5.76. The highest BCUT2D eigenvalue weighted by Crippen LogP contribution is 2.23. The Labute approximate surface area is 492 Å². The van der Waals surface area contributed by atoms with E-state index in [0.717, 1.165) is 57.8 Å². The number of aliphatic hydroxyl groups excluding tert-OH is 5. The van der Waals surface area contributed by atoms with Gasteiger partial charge in [0.1, 0.15) is 24.4 Å². The van der Waals surface area contributed by atoms with Crippen LogP contribution in [0.15, 0.2) is 24.3 Å². The number of aliphatic hydroxyl groups is 5. The first kappa shape index (κ1) is 76.2. The molecule has 11 heteroatoms. The van der Waals surface area contributed by atoms with E-state index in [1.807, 2.05) is 6.08 Å². The zero-order valence-electron chi connectivity index (χ0n) is 52.3. The van der Waals surface area contributed by atoms with Gasteiger partial charge >= 0.3 is 5.97 Å². The molecule has 1 saturated heterocycles. The van der Waals surface area contributed by atoms with Gasteiger partial charge in [-0.05, 0) is 57.8 Å². The second-order valence-corrected chi connectivity index (χ2v) is 24.2. The van der Waals surface area contributed by atoms with Crippen molar-refractivity contribution in [3.05, 3.63) is 24.3 Å². The van der Waals surface area contributed by atoms with E-state index in [2.05, 4.69) is 31.3 Å². The van der Waals surface area contributed by atoms with E-state index >= 15 is 0 Å². The molecule has 1 heterocycles. The predicted octanol–water partition coefficient (Wildman–Crippen LogP) is 17.2. The zero-order chi connectivity index (χ0) is 58.0. The number of amides is 1. The Morgan fingerprint density at radius 1 is 0.450 bits per heavy atom. The second kappa shape index (κ2) is 58.9. The van der Waals surface area contributed by atoms with Crippen LogP contribution in [-0.4, -0.2) is 100 Å². The number of hydrogen-bond donors (Lipinski definition) is 6. The van der Waals surface area contributed by atoms with Crippen LogP contribution in [0.1, 0.15) is 341 Å². The van der Waals surface area contributed by atoms with Crippen molar-refractivity contribution < 1.29 is 49.3 Å². The molecule has 1 rings (SSSR count). The Bertz CT molecular complexity index is 1380. The molecule has 0 radical (unpaired) electrons. The summed E-state index contributed by atoms with van der Waals surface area (Å²) in [5.74, 6) is -0.177. The summed E-state index contributed by atoms with van der Waals surface area (Å²) >= 11 is 0. The molecule has 0 spiro atoms. The van der Waals surface area contributed by atoms with Gasteiger partial charge in [0.2, 0.25) is 5.91 Å². The molecule has 0 bridgehead atoms. The number of rotatable bonds is 61. The van der Waals surface area contributed by atoms with E-state index in [1.54, 1.807) is 6.08 Å². The maximum absolute atomic E-state index is 13.0. The van der Waals surface area contributed by atoms with Crippen LogP contribution in [0, 0.1) is 0 Å². The summed E-state index contributed by atoms with van der Waals surface area (Å²) in [6.45, 7) is 4.34. The lowest BCUT2D eigenvalue weighted by molar-refractivity contribution is -0.302. The molecule has 472 valence electrons. The van der Waals surface area contributed by atoms with Gasteiger partial charge in [-0.25, -0.2) is 0 Å². The van der Waals surface area contributed by atoms with Crippen molar-refractivity contribution in [2.24, 2.45) is 0 Å². The van der Waals surface area contributed by atoms with E-state index in [-0.39, 0.29) is 18.5 Å². The first-order valence-corrected chi connectivity index (χ1v) is 34.6. The minimum atomic E-state index is -1.57. The first-order valence-electron chi connectivity index (χ1n) is 34.6. The Hall–Kier alpha value is -1.86. The largest absolute Gasteiger partial charge is 0.466 e. The van der Waals surface area contributed by atoms with E-state index in [0.29, 0.717) is 19.4 Å². The Morgan fingerprint density at radius 3 is 1.20 bits per heavy atom. The molecule has 0 aromatic heterocycles. The minimum absolute atomic E-state index is 0.00216. The molecule has 1 aliphatic rings. The average molecular weight is 1130 g/mol. The number of carbonyl (C=O) groups excluding carboxylic acids is 2. The van der Waals surface area contributed by atoms with Crippen molar-refractivity contribution in [1.82, 2.24) is 5.32 Å². The van der Waals surface area contributed by atoms with Crippen LogP contribution in [0.2, 0.25) is 0 Å². The standard InChI is InChI=1S/C69H131NO10/c1-3-5-7-9-11-13-14-15-30-34-37-41-45-49-53-57-65(74)78-58-54-50-46-42-38-35-32-29-27-25-23-21-19-17-16-18-20-22-24-26-28-31-33-36-40-44-48-52-56-64(73)70-61(62(72)55-51-47-43-39-12-10-8-6-4-2)60-79-69-68(77)67(76)66(75)63(59-71)80-69/h15,30,51,55,61-63,66-69,71-72,75-77H,3-14,16-29,31-50,52-54,56-60H2,1-2H3,(H,70,73)/b30-15-,55-51+. The molecule has 6 N–H and O–H groups in total. The van der Waals surface area contributed by atoms with Gasteiger partial charge in [-0.2, -0.15) is 0 Å². The molecule has 0 aromatic rings. The van der Waals surface area contributed by atoms with Crippen molar-refractivity contribution in [3.8, 4) is 0 Å². The van der Waals surface area contributed by atoms with E-state index in [1.165, 1.54) is 257 Å². The van der Waals surface area contributed by atoms with E-state index in [4.69, 9.17) is 14.2 Å². The van der Waals surface area contributed by atoms with Gasteiger partial charge < -0.3 is 45.1 Å². The average Bonchev–Trinajstić information content (AvgIpc) is 3.45. The van der Waals surface area contributed by atoms with Gasteiger partial charge in [0, 0.05) is 12.8 Å². The lowest BCUT2D eigenvalue weighted by Gasteiger charge is -2.40. The SMILES string of the molecule is CCCCCCCC/C=C\CCCCCCCC(=O)OCCCCCCCCCCCCCCCCCCCCCCCCCCCCCCC(=O)NC(COC1OC(CO)C(O)C(O)C1O)C(O)/C=C/CCCCCCCCC.